The van der Waals surface area contributed by atoms with Crippen molar-refractivity contribution in [2.45, 2.75) is 76.0 Å². The van der Waals surface area contributed by atoms with E-state index < -0.39 is 10.1 Å². The molecule has 144 valence electrons. The SMILES string of the molecule is C=C[CH2-].CCCCCCCCCCCCOS(=O)(=O)c1ccccc1.[Na+]. The minimum atomic E-state index is -3.57. The van der Waals surface area contributed by atoms with Crippen LogP contribution in [-0.4, -0.2) is 15.0 Å². The van der Waals surface area contributed by atoms with Gasteiger partial charge < -0.3 is 0 Å². The molecule has 3 nitrogen and oxygen atoms in total. The Labute approximate surface area is 184 Å². The summed E-state index contributed by atoms with van der Waals surface area (Å²) in [5, 5.41) is 0. The van der Waals surface area contributed by atoms with Gasteiger partial charge >= 0.3 is 29.6 Å². The first-order valence-electron chi connectivity index (χ1n) is 9.43. The second-order valence-electron chi connectivity index (χ2n) is 6.06. The third kappa shape index (κ3) is 16.0. The van der Waals surface area contributed by atoms with Gasteiger partial charge in [0.2, 0.25) is 0 Å². The molecule has 0 N–H and O–H groups in total. The van der Waals surface area contributed by atoms with E-state index in [9.17, 15) is 8.42 Å². The molecular weight excluding hydrogens is 355 g/mol. The van der Waals surface area contributed by atoms with Gasteiger partial charge in [-0.05, 0) is 18.6 Å². The predicted octanol–water partition coefficient (Wildman–Crippen LogP) is 3.32. The molecular formula is C21H35NaO3S. The monoisotopic (exact) mass is 390 g/mol. The topological polar surface area (TPSA) is 43.4 Å². The van der Waals surface area contributed by atoms with Crippen molar-refractivity contribution in [3.63, 3.8) is 0 Å². The van der Waals surface area contributed by atoms with E-state index in [2.05, 4.69) is 20.4 Å². The Bertz CT molecular complexity index is 515. The molecule has 0 saturated heterocycles. The summed E-state index contributed by atoms with van der Waals surface area (Å²) in [4.78, 5) is 0.238. The molecule has 0 heterocycles. The smallest absolute Gasteiger partial charge is 0.266 e. The van der Waals surface area contributed by atoms with E-state index >= 15 is 0 Å². The second-order valence-corrected chi connectivity index (χ2v) is 7.68. The van der Waals surface area contributed by atoms with Crippen molar-refractivity contribution in [1.82, 2.24) is 0 Å². The van der Waals surface area contributed by atoms with Crippen molar-refractivity contribution in [3.8, 4) is 0 Å². The third-order valence-corrected chi connectivity index (χ3v) is 5.09. The molecule has 0 spiro atoms. The number of hydrogen-bond acceptors (Lipinski definition) is 3. The predicted molar refractivity (Wildman–Crippen MR) is 107 cm³/mol. The molecule has 0 bridgehead atoms. The normalized spacial score (nSPS) is 10.3. The fourth-order valence-corrected chi connectivity index (χ4v) is 3.38. The maximum absolute atomic E-state index is 11.9. The van der Waals surface area contributed by atoms with Crippen LogP contribution >= 0.6 is 0 Å². The fraction of sp³-hybridized carbons (Fsp3) is 0.571. The molecule has 1 aromatic rings. The number of rotatable bonds is 13. The van der Waals surface area contributed by atoms with Gasteiger partial charge in [0.15, 0.2) is 0 Å². The first kappa shape index (κ1) is 28.0. The Morgan fingerprint density at radius 2 is 1.35 bits per heavy atom. The minimum Gasteiger partial charge on any atom is -0.266 e. The van der Waals surface area contributed by atoms with Crippen molar-refractivity contribution >= 4 is 10.1 Å². The van der Waals surface area contributed by atoms with Gasteiger partial charge in [-0.15, -0.1) is 0 Å². The molecule has 0 unspecified atom stereocenters. The average Bonchev–Trinajstić information content (AvgIpc) is 2.61. The Morgan fingerprint density at radius 3 is 1.81 bits per heavy atom. The van der Waals surface area contributed by atoms with E-state index in [0.29, 0.717) is 0 Å². The number of hydrogen-bond donors (Lipinski definition) is 0. The number of benzene rings is 1. The van der Waals surface area contributed by atoms with Crippen molar-refractivity contribution in [3.05, 3.63) is 49.9 Å². The molecule has 0 atom stereocenters. The van der Waals surface area contributed by atoms with Gasteiger partial charge in [-0.25, -0.2) is 19.6 Å². The average molecular weight is 391 g/mol. The summed E-state index contributed by atoms with van der Waals surface area (Å²) >= 11 is 0. The molecule has 1 aromatic carbocycles. The molecule has 0 saturated carbocycles. The van der Waals surface area contributed by atoms with Crippen molar-refractivity contribution < 1.29 is 42.2 Å². The van der Waals surface area contributed by atoms with Gasteiger partial charge in [0.05, 0.1) is 11.5 Å². The van der Waals surface area contributed by atoms with E-state index in [4.69, 9.17) is 4.18 Å². The molecule has 0 aliphatic heterocycles. The van der Waals surface area contributed by atoms with Crippen LogP contribution in [0, 0.1) is 6.92 Å². The molecule has 5 heteroatoms. The van der Waals surface area contributed by atoms with Crippen LogP contribution in [0.3, 0.4) is 0 Å². The van der Waals surface area contributed by atoms with Crippen LogP contribution in [0.1, 0.15) is 71.1 Å². The summed E-state index contributed by atoms with van der Waals surface area (Å²) in [6.45, 7) is 9.02. The van der Waals surface area contributed by atoms with Crippen molar-refractivity contribution in [1.29, 1.82) is 0 Å². The number of unbranched alkanes of at least 4 members (excludes halogenated alkanes) is 9. The standard InChI is InChI=1S/C18H30O3S.C3H5.Na/c1-2-3-4-5-6-7-8-9-10-14-17-21-22(19,20)18-15-12-11-13-16-18;1-3-2;/h11-13,15-16H,2-10,14,17H2,1H3;3H,1-2H2;/q;-1;+1. The Kier molecular flexibility index (Phi) is 21.0. The Balaban J connectivity index is 0. The fourth-order valence-electron chi connectivity index (χ4n) is 2.41. The van der Waals surface area contributed by atoms with Crippen LogP contribution in [0.5, 0.6) is 0 Å². The number of allylic oxidation sites excluding steroid dienone is 1. The van der Waals surface area contributed by atoms with E-state index in [1.165, 1.54) is 57.4 Å². The largest absolute Gasteiger partial charge is 1.00 e. The zero-order valence-corrected chi connectivity index (χ0v) is 19.6. The molecule has 0 aliphatic carbocycles. The zero-order valence-electron chi connectivity index (χ0n) is 16.8. The molecule has 0 radical (unpaired) electrons. The third-order valence-electron chi connectivity index (χ3n) is 3.77. The zero-order chi connectivity index (χ0) is 18.8. The van der Waals surface area contributed by atoms with Crippen molar-refractivity contribution in [2.24, 2.45) is 0 Å². The summed E-state index contributed by atoms with van der Waals surface area (Å²) in [6.07, 6.45) is 13.8. The van der Waals surface area contributed by atoms with Gasteiger partial charge in [0.25, 0.3) is 10.1 Å². The van der Waals surface area contributed by atoms with E-state index in [1.807, 2.05) is 0 Å². The maximum atomic E-state index is 11.9. The van der Waals surface area contributed by atoms with E-state index in [1.54, 1.807) is 30.3 Å². The van der Waals surface area contributed by atoms with Crippen molar-refractivity contribution in [2.75, 3.05) is 6.61 Å². The van der Waals surface area contributed by atoms with Crippen LogP contribution in [-0.2, 0) is 14.3 Å². The van der Waals surface area contributed by atoms with Crippen LogP contribution < -0.4 is 29.6 Å². The first-order valence-corrected chi connectivity index (χ1v) is 10.8. The summed E-state index contributed by atoms with van der Waals surface area (Å²) in [5.74, 6) is 0. The van der Waals surface area contributed by atoms with Gasteiger partial charge in [-0.1, -0.05) is 82.9 Å². The molecule has 26 heavy (non-hydrogen) atoms. The van der Waals surface area contributed by atoms with Gasteiger partial charge in [-0.3, -0.25) is 4.18 Å². The van der Waals surface area contributed by atoms with E-state index in [0.717, 1.165) is 12.8 Å². The molecule has 0 aliphatic rings. The minimum absolute atomic E-state index is 0. The molecule has 0 aromatic heterocycles. The summed E-state index contributed by atoms with van der Waals surface area (Å²) in [6, 6.07) is 8.33. The summed E-state index contributed by atoms with van der Waals surface area (Å²) < 4.78 is 28.8. The van der Waals surface area contributed by atoms with Gasteiger partial charge in [-0.2, -0.15) is 8.42 Å². The molecule has 1 rings (SSSR count). The summed E-state index contributed by atoms with van der Waals surface area (Å²) in [7, 11) is -3.57. The Morgan fingerprint density at radius 1 is 0.923 bits per heavy atom. The van der Waals surface area contributed by atoms with Crippen LogP contribution in [0.2, 0.25) is 0 Å². The first-order chi connectivity index (χ1) is 12.1. The van der Waals surface area contributed by atoms with Gasteiger partial charge in [0.1, 0.15) is 0 Å². The molecule has 0 amide bonds. The molecule has 0 fully saturated rings. The van der Waals surface area contributed by atoms with Crippen LogP contribution in [0.15, 0.2) is 47.9 Å². The second kappa shape index (κ2) is 19.5. The van der Waals surface area contributed by atoms with Crippen LogP contribution in [0.4, 0.5) is 0 Å². The maximum Gasteiger partial charge on any atom is 1.00 e. The van der Waals surface area contributed by atoms with E-state index in [-0.39, 0.29) is 41.1 Å². The van der Waals surface area contributed by atoms with Crippen LogP contribution in [0.25, 0.3) is 0 Å². The van der Waals surface area contributed by atoms with Gasteiger partial charge in [0, 0.05) is 0 Å². The summed E-state index contributed by atoms with van der Waals surface area (Å²) in [5.41, 5.74) is 0. The quantitative estimate of drug-likeness (QED) is 0.225. The Hall–Kier alpha value is -0.260.